The number of hydrogen-bond donors (Lipinski definition) is 3. The third kappa shape index (κ3) is 5.21. The van der Waals surface area contributed by atoms with Crippen LogP contribution in [0, 0.1) is 0 Å². The quantitative estimate of drug-likeness (QED) is 0.405. The molecule has 0 radical (unpaired) electrons. The number of rotatable bonds is 5. The van der Waals surface area contributed by atoms with Crippen LogP contribution in [0.1, 0.15) is 0 Å². The number of hydrogen-bond acceptors (Lipinski definition) is 3. The molecule has 0 aliphatic rings. The van der Waals surface area contributed by atoms with E-state index < -0.39 is 5.91 Å². The summed E-state index contributed by atoms with van der Waals surface area (Å²) in [4.78, 5) is 31.0. The predicted octanol–water partition coefficient (Wildman–Crippen LogP) is -2.41. The van der Waals surface area contributed by atoms with Crippen LogP contribution in [0.3, 0.4) is 0 Å². The fraction of sp³-hybridized carbons (Fsp3) is 0.500. The fourth-order valence-corrected chi connectivity index (χ4v) is 0.464. The van der Waals surface area contributed by atoms with Gasteiger partial charge in [-0.2, -0.15) is 0 Å². The van der Waals surface area contributed by atoms with Crippen molar-refractivity contribution >= 4 is 18.2 Å². The summed E-state index contributed by atoms with van der Waals surface area (Å²) in [5, 5.41) is 6.79. The average molecular weight is 173 g/mol. The summed E-state index contributed by atoms with van der Waals surface area (Å²) in [6.07, 6.45) is 0.416. The maximum atomic E-state index is 10.7. The van der Waals surface area contributed by atoms with Gasteiger partial charge in [0.15, 0.2) is 0 Å². The van der Waals surface area contributed by atoms with Crippen LogP contribution in [0.2, 0.25) is 0 Å². The molecule has 0 rings (SSSR count). The van der Waals surface area contributed by atoms with Gasteiger partial charge < -0.3 is 16.0 Å². The molecule has 68 valence electrons. The molecule has 0 aromatic carbocycles. The molecule has 0 spiro atoms. The second kappa shape index (κ2) is 6.14. The zero-order chi connectivity index (χ0) is 9.40. The average Bonchev–Trinajstić information content (AvgIpc) is 2.10. The molecule has 6 nitrogen and oxygen atoms in total. The lowest BCUT2D eigenvalue weighted by Gasteiger charge is -2.02. The van der Waals surface area contributed by atoms with E-state index in [1.807, 2.05) is 0 Å². The van der Waals surface area contributed by atoms with Crippen LogP contribution in [0.5, 0.6) is 0 Å². The minimum absolute atomic E-state index is 0.0735. The Bertz CT molecular complexity index is 181. The minimum Gasteiger partial charge on any atom is -0.358 e. The van der Waals surface area contributed by atoms with Gasteiger partial charge >= 0.3 is 0 Å². The number of nitrogens with one attached hydrogen (secondary N) is 3. The molecular formula is C6H11N3O3. The normalized spacial score (nSPS) is 8.42. The molecule has 0 aromatic rings. The smallest absolute Gasteiger partial charge is 0.239 e. The van der Waals surface area contributed by atoms with Gasteiger partial charge in [0.05, 0.1) is 13.1 Å². The summed E-state index contributed by atoms with van der Waals surface area (Å²) in [5.41, 5.74) is 0. The van der Waals surface area contributed by atoms with Gasteiger partial charge in [-0.25, -0.2) is 0 Å². The first-order valence-electron chi connectivity index (χ1n) is 3.35. The fourth-order valence-electron chi connectivity index (χ4n) is 0.464. The van der Waals surface area contributed by atoms with E-state index in [4.69, 9.17) is 0 Å². The van der Waals surface area contributed by atoms with Crippen molar-refractivity contribution in [1.29, 1.82) is 0 Å². The van der Waals surface area contributed by atoms with Crippen molar-refractivity contribution in [3.05, 3.63) is 0 Å². The topological polar surface area (TPSA) is 87.3 Å². The molecule has 0 bridgehead atoms. The largest absolute Gasteiger partial charge is 0.358 e. The zero-order valence-electron chi connectivity index (χ0n) is 6.72. The number of amides is 3. The molecule has 0 heterocycles. The second-order valence-electron chi connectivity index (χ2n) is 1.95. The zero-order valence-corrected chi connectivity index (χ0v) is 6.72. The Labute approximate surface area is 69.7 Å². The molecule has 12 heavy (non-hydrogen) atoms. The lowest BCUT2D eigenvalue weighted by molar-refractivity contribution is -0.125. The Morgan fingerprint density at radius 1 is 1.25 bits per heavy atom. The summed E-state index contributed by atoms with van der Waals surface area (Å²) < 4.78 is 0. The second-order valence-corrected chi connectivity index (χ2v) is 1.95. The first kappa shape index (κ1) is 10.4. The third-order valence-corrected chi connectivity index (χ3v) is 1.07. The summed E-state index contributed by atoms with van der Waals surface area (Å²) in [7, 11) is 1.47. The van der Waals surface area contributed by atoms with E-state index in [1.165, 1.54) is 7.05 Å². The van der Waals surface area contributed by atoms with Crippen LogP contribution >= 0.6 is 0 Å². The highest BCUT2D eigenvalue weighted by molar-refractivity contribution is 5.86. The number of likely N-dealkylation sites (N-methyl/N-ethyl adjacent to an activating group) is 1. The van der Waals surface area contributed by atoms with Crippen LogP contribution in [0.15, 0.2) is 0 Å². The maximum absolute atomic E-state index is 10.7. The molecule has 3 N–H and O–H groups in total. The van der Waals surface area contributed by atoms with E-state index in [-0.39, 0.29) is 19.0 Å². The maximum Gasteiger partial charge on any atom is 0.239 e. The van der Waals surface area contributed by atoms with Crippen molar-refractivity contribution in [3.8, 4) is 0 Å². The van der Waals surface area contributed by atoms with Crippen molar-refractivity contribution in [2.45, 2.75) is 0 Å². The van der Waals surface area contributed by atoms with Gasteiger partial charge in [0, 0.05) is 7.05 Å². The van der Waals surface area contributed by atoms with Crippen LogP contribution in [-0.2, 0) is 14.4 Å². The lowest BCUT2D eigenvalue weighted by atomic mass is 10.5. The van der Waals surface area contributed by atoms with Crippen molar-refractivity contribution in [3.63, 3.8) is 0 Å². The monoisotopic (exact) mass is 173 g/mol. The van der Waals surface area contributed by atoms with Gasteiger partial charge in [0.2, 0.25) is 18.2 Å². The molecule has 0 aliphatic carbocycles. The molecule has 0 aliphatic heterocycles. The SMILES string of the molecule is CNC(=O)CNC(=O)CNC=O. The molecule has 0 saturated heterocycles. The molecule has 0 aromatic heterocycles. The highest BCUT2D eigenvalue weighted by atomic mass is 16.2. The van der Waals surface area contributed by atoms with E-state index in [0.29, 0.717) is 6.41 Å². The molecule has 0 fully saturated rings. The Morgan fingerprint density at radius 3 is 2.42 bits per heavy atom. The highest BCUT2D eigenvalue weighted by Crippen LogP contribution is 1.63. The van der Waals surface area contributed by atoms with E-state index in [0.717, 1.165) is 0 Å². The number of carbonyl (C=O) groups excluding carboxylic acids is 3. The molecule has 0 saturated carbocycles. The van der Waals surface area contributed by atoms with Crippen LogP contribution in [-0.4, -0.2) is 38.4 Å². The Hall–Kier alpha value is -1.59. The molecule has 6 heteroatoms. The Kier molecular flexibility index (Phi) is 5.33. The molecular weight excluding hydrogens is 162 g/mol. The third-order valence-electron chi connectivity index (χ3n) is 1.07. The predicted molar refractivity (Wildman–Crippen MR) is 41.1 cm³/mol. The summed E-state index contributed by atoms with van der Waals surface area (Å²) in [6.45, 7) is -0.184. The van der Waals surface area contributed by atoms with Gasteiger partial charge in [-0.1, -0.05) is 0 Å². The first-order valence-corrected chi connectivity index (χ1v) is 3.35. The van der Waals surface area contributed by atoms with Gasteiger partial charge in [0.25, 0.3) is 0 Å². The van der Waals surface area contributed by atoms with Crippen molar-refractivity contribution in [1.82, 2.24) is 16.0 Å². The summed E-state index contributed by atoms with van der Waals surface area (Å²) in [6, 6.07) is 0. The Balaban J connectivity index is 3.43. The molecule has 3 amide bonds. The van der Waals surface area contributed by atoms with Crippen LogP contribution < -0.4 is 16.0 Å². The molecule has 0 unspecified atom stereocenters. The Morgan fingerprint density at radius 2 is 1.92 bits per heavy atom. The summed E-state index contributed by atoms with van der Waals surface area (Å²) in [5.74, 6) is -0.680. The van der Waals surface area contributed by atoms with Gasteiger partial charge in [-0.15, -0.1) is 0 Å². The standard InChI is InChI=1S/C6H11N3O3/c1-7-5(11)3-9-6(12)2-8-4-10/h4H,2-3H2,1H3,(H,7,11)(H,8,10)(H,9,12). The van der Waals surface area contributed by atoms with Crippen molar-refractivity contribution < 1.29 is 14.4 Å². The minimum atomic E-state index is -0.397. The highest BCUT2D eigenvalue weighted by Gasteiger charge is 2.01. The van der Waals surface area contributed by atoms with Gasteiger partial charge in [-0.3, -0.25) is 14.4 Å². The number of carbonyl (C=O) groups is 3. The molecule has 0 atom stereocenters. The van der Waals surface area contributed by atoms with E-state index in [2.05, 4.69) is 16.0 Å². The van der Waals surface area contributed by atoms with E-state index in [9.17, 15) is 14.4 Å². The van der Waals surface area contributed by atoms with Gasteiger partial charge in [0.1, 0.15) is 0 Å². The van der Waals surface area contributed by atoms with E-state index >= 15 is 0 Å². The van der Waals surface area contributed by atoms with Gasteiger partial charge in [-0.05, 0) is 0 Å². The first-order chi connectivity index (χ1) is 5.70. The van der Waals surface area contributed by atoms with Crippen molar-refractivity contribution in [2.24, 2.45) is 0 Å². The van der Waals surface area contributed by atoms with Crippen LogP contribution in [0.4, 0.5) is 0 Å². The van der Waals surface area contributed by atoms with E-state index in [1.54, 1.807) is 0 Å². The van der Waals surface area contributed by atoms with Crippen LogP contribution in [0.25, 0.3) is 0 Å². The lowest BCUT2D eigenvalue weighted by Crippen LogP contribution is -2.39. The van der Waals surface area contributed by atoms with Crippen molar-refractivity contribution in [2.75, 3.05) is 20.1 Å². The summed E-state index contributed by atoms with van der Waals surface area (Å²) >= 11 is 0.